The van der Waals surface area contributed by atoms with Crippen LogP contribution in [0.4, 0.5) is 0 Å². The molecule has 0 N–H and O–H groups in total. The molecule has 3 nitrogen and oxygen atoms in total. The number of benzene rings is 1. The Hall–Kier alpha value is -1.16. The van der Waals surface area contributed by atoms with Crippen LogP contribution in [-0.2, 0) is 20.8 Å². The molecule has 0 aliphatic rings. The first-order chi connectivity index (χ1) is 8.36. The maximum absolute atomic E-state index is 5.50. The summed E-state index contributed by atoms with van der Waals surface area (Å²) in [6.45, 7) is 1.25. The standard InChI is InChI=1S/C14H20O3/c1-15-14(16-2)10-6-7-11-17-12-13-8-4-3-5-9-13/h3-9,14H,10-12H2,1-2H3/b7-6-. The Bertz CT molecular complexity index is 305. The van der Waals surface area contributed by atoms with Crippen molar-refractivity contribution in [3.05, 3.63) is 48.0 Å². The summed E-state index contributed by atoms with van der Waals surface area (Å²) in [4.78, 5) is 0. The molecule has 0 aromatic heterocycles. The van der Waals surface area contributed by atoms with Crippen LogP contribution in [0.5, 0.6) is 0 Å². The van der Waals surface area contributed by atoms with E-state index in [2.05, 4.69) is 12.1 Å². The van der Waals surface area contributed by atoms with Gasteiger partial charge in [-0.1, -0.05) is 42.5 Å². The molecule has 0 atom stereocenters. The second-order valence-corrected chi connectivity index (χ2v) is 3.61. The monoisotopic (exact) mass is 236 g/mol. The largest absolute Gasteiger partial charge is 0.373 e. The lowest BCUT2D eigenvalue weighted by Gasteiger charge is -2.09. The molecule has 0 amide bonds. The van der Waals surface area contributed by atoms with E-state index in [-0.39, 0.29) is 6.29 Å². The molecule has 1 aromatic rings. The van der Waals surface area contributed by atoms with Gasteiger partial charge in [-0.05, 0) is 5.56 Å². The van der Waals surface area contributed by atoms with Gasteiger partial charge in [0, 0.05) is 20.6 Å². The van der Waals surface area contributed by atoms with Gasteiger partial charge in [-0.3, -0.25) is 0 Å². The number of rotatable bonds is 8. The molecule has 1 aromatic carbocycles. The Balaban J connectivity index is 2.10. The van der Waals surface area contributed by atoms with Crippen LogP contribution in [0.1, 0.15) is 12.0 Å². The third kappa shape index (κ3) is 6.22. The Morgan fingerprint density at radius 2 is 1.76 bits per heavy atom. The summed E-state index contributed by atoms with van der Waals surface area (Å²) in [7, 11) is 3.27. The lowest BCUT2D eigenvalue weighted by atomic mass is 10.2. The van der Waals surface area contributed by atoms with Gasteiger partial charge in [0.1, 0.15) is 0 Å². The number of ether oxygens (including phenoxy) is 3. The molecule has 3 heteroatoms. The van der Waals surface area contributed by atoms with E-state index in [0.717, 1.165) is 6.42 Å². The molecular weight excluding hydrogens is 216 g/mol. The van der Waals surface area contributed by atoms with Crippen LogP contribution in [0.3, 0.4) is 0 Å². The summed E-state index contributed by atoms with van der Waals surface area (Å²) in [6, 6.07) is 10.1. The first-order valence-corrected chi connectivity index (χ1v) is 5.69. The van der Waals surface area contributed by atoms with Crippen LogP contribution in [0.25, 0.3) is 0 Å². The first-order valence-electron chi connectivity index (χ1n) is 5.69. The zero-order chi connectivity index (χ0) is 12.3. The molecular formula is C14H20O3. The Labute approximate surface area is 103 Å². The SMILES string of the molecule is COC(C/C=C\COCc1ccccc1)OC. The van der Waals surface area contributed by atoms with Crippen molar-refractivity contribution in [3.63, 3.8) is 0 Å². The molecule has 17 heavy (non-hydrogen) atoms. The van der Waals surface area contributed by atoms with E-state index >= 15 is 0 Å². The summed E-state index contributed by atoms with van der Waals surface area (Å²) in [6.07, 6.45) is 4.55. The van der Waals surface area contributed by atoms with Crippen LogP contribution >= 0.6 is 0 Å². The van der Waals surface area contributed by atoms with Gasteiger partial charge in [-0.25, -0.2) is 0 Å². The maximum atomic E-state index is 5.50. The molecule has 0 aliphatic carbocycles. The average molecular weight is 236 g/mol. The van der Waals surface area contributed by atoms with Gasteiger partial charge in [0.2, 0.25) is 0 Å². The van der Waals surface area contributed by atoms with E-state index in [1.807, 2.05) is 30.4 Å². The molecule has 0 fully saturated rings. The van der Waals surface area contributed by atoms with Crippen molar-refractivity contribution in [2.24, 2.45) is 0 Å². The molecule has 1 rings (SSSR count). The van der Waals surface area contributed by atoms with Crippen molar-refractivity contribution in [2.75, 3.05) is 20.8 Å². The van der Waals surface area contributed by atoms with Crippen LogP contribution in [0.15, 0.2) is 42.5 Å². The summed E-state index contributed by atoms with van der Waals surface area (Å²) >= 11 is 0. The number of methoxy groups -OCH3 is 2. The topological polar surface area (TPSA) is 27.7 Å². The molecule has 0 saturated heterocycles. The zero-order valence-corrected chi connectivity index (χ0v) is 10.5. The van der Waals surface area contributed by atoms with E-state index in [4.69, 9.17) is 14.2 Å². The average Bonchev–Trinajstić information content (AvgIpc) is 2.39. The molecule has 0 unspecified atom stereocenters. The normalized spacial score (nSPS) is 11.5. The third-order valence-corrected chi connectivity index (χ3v) is 2.35. The van der Waals surface area contributed by atoms with Gasteiger partial charge < -0.3 is 14.2 Å². The molecule has 0 aliphatic heterocycles. The van der Waals surface area contributed by atoms with Crippen LogP contribution in [0.2, 0.25) is 0 Å². The van der Waals surface area contributed by atoms with E-state index in [9.17, 15) is 0 Å². The number of hydrogen-bond acceptors (Lipinski definition) is 3. The fourth-order valence-electron chi connectivity index (χ4n) is 1.38. The second kappa shape index (κ2) is 8.93. The van der Waals surface area contributed by atoms with E-state index in [1.165, 1.54) is 5.56 Å². The predicted molar refractivity (Wildman–Crippen MR) is 67.7 cm³/mol. The summed E-state index contributed by atoms with van der Waals surface area (Å²) < 4.78 is 15.6. The quantitative estimate of drug-likeness (QED) is 0.394. The van der Waals surface area contributed by atoms with E-state index in [1.54, 1.807) is 14.2 Å². The van der Waals surface area contributed by atoms with E-state index in [0.29, 0.717) is 13.2 Å². The predicted octanol–water partition coefficient (Wildman–Crippen LogP) is 2.77. The van der Waals surface area contributed by atoms with Gasteiger partial charge >= 0.3 is 0 Å². The highest BCUT2D eigenvalue weighted by atomic mass is 16.7. The molecule has 0 bridgehead atoms. The van der Waals surface area contributed by atoms with Crippen LogP contribution in [0, 0.1) is 0 Å². The fraction of sp³-hybridized carbons (Fsp3) is 0.429. The van der Waals surface area contributed by atoms with Gasteiger partial charge in [-0.2, -0.15) is 0 Å². The molecule has 0 saturated carbocycles. The minimum atomic E-state index is -0.166. The second-order valence-electron chi connectivity index (χ2n) is 3.61. The lowest BCUT2D eigenvalue weighted by molar-refractivity contribution is -0.0986. The fourth-order valence-corrected chi connectivity index (χ4v) is 1.38. The lowest BCUT2D eigenvalue weighted by Crippen LogP contribution is -2.11. The van der Waals surface area contributed by atoms with Crippen molar-refractivity contribution in [2.45, 2.75) is 19.3 Å². The molecule has 0 heterocycles. The van der Waals surface area contributed by atoms with Gasteiger partial charge in [0.25, 0.3) is 0 Å². The molecule has 0 spiro atoms. The third-order valence-electron chi connectivity index (χ3n) is 2.35. The Kier molecular flexibility index (Phi) is 7.30. The Morgan fingerprint density at radius 1 is 1.06 bits per heavy atom. The van der Waals surface area contributed by atoms with Crippen molar-refractivity contribution in [1.82, 2.24) is 0 Å². The minimum Gasteiger partial charge on any atom is -0.373 e. The maximum Gasteiger partial charge on any atom is 0.160 e. The smallest absolute Gasteiger partial charge is 0.160 e. The highest BCUT2D eigenvalue weighted by molar-refractivity contribution is 5.13. The van der Waals surface area contributed by atoms with Crippen molar-refractivity contribution in [1.29, 1.82) is 0 Å². The summed E-state index contributed by atoms with van der Waals surface area (Å²) in [5.41, 5.74) is 1.19. The van der Waals surface area contributed by atoms with Crippen LogP contribution < -0.4 is 0 Å². The highest BCUT2D eigenvalue weighted by Crippen LogP contribution is 2.01. The van der Waals surface area contributed by atoms with Crippen LogP contribution in [-0.4, -0.2) is 27.1 Å². The van der Waals surface area contributed by atoms with Crippen molar-refractivity contribution < 1.29 is 14.2 Å². The van der Waals surface area contributed by atoms with Crippen molar-refractivity contribution in [3.8, 4) is 0 Å². The summed E-state index contributed by atoms with van der Waals surface area (Å²) in [5, 5.41) is 0. The minimum absolute atomic E-state index is 0.166. The van der Waals surface area contributed by atoms with Crippen molar-refractivity contribution >= 4 is 0 Å². The summed E-state index contributed by atoms with van der Waals surface area (Å²) in [5.74, 6) is 0. The van der Waals surface area contributed by atoms with E-state index < -0.39 is 0 Å². The van der Waals surface area contributed by atoms with Gasteiger partial charge in [-0.15, -0.1) is 0 Å². The van der Waals surface area contributed by atoms with Gasteiger partial charge in [0.05, 0.1) is 13.2 Å². The molecule has 94 valence electrons. The van der Waals surface area contributed by atoms with Gasteiger partial charge in [0.15, 0.2) is 6.29 Å². The zero-order valence-electron chi connectivity index (χ0n) is 10.5. The first kappa shape index (κ1) is 13.9. The molecule has 0 radical (unpaired) electrons. The number of hydrogen-bond donors (Lipinski definition) is 0. The highest BCUT2D eigenvalue weighted by Gasteiger charge is 1.99. The Morgan fingerprint density at radius 3 is 2.41 bits per heavy atom.